The van der Waals surface area contributed by atoms with Gasteiger partial charge in [-0.05, 0) is 45.1 Å². The van der Waals surface area contributed by atoms with Gasteiger partial charge in [-0.2, -0.15) is 0 Å². The van der Waals surface area contributed by atoms with Crippen molar-refractivity contribution in [2.75, 3.05) is 7.11 Å². The number of aliphatic hydroxyl groups excluding tert-OH is 1. The second-order valence-electron chi connectivity index (χ2n) is 6.55. The molecule has 1 saturated carbocycles. The zero-order valence-corrected chi connectivity index (χ0v) is 13.4. The van der Waals surface area contributed by atoms with Crippen molar-refractivity contribution in [3.8, 4) is 0 Å². The third-order valence-corrected chi connectivity index (χ3v) is 4.69. The lowest BCUT2D eigenvalue weighted by Crippen LogP contribution is -2.46. The van der Waals surface area contributed by atoms with Crippen molar-refractivity contribution in [1.29, 1.82) is 0 Å². The summed E-state index contributed by atoms with van der Waals surface area (Å²) in [5.74, 6) is 0. The molecule has 0 aromatic heterocycles. The van der Waals surface area contributed by atoms with Gasteiger partial charge in [0.05, 0.1) is 17.8 Å². The fraction of sp³-hybridized carbons (Fsp3) is 0.667. The van der Waals surface area contributed by atoms with E-state index in [2.05, 4.69) is 6.07 Å². The minimum atomic E-state index is -0.785. The van der Waals surface area contributed by atoms with Crippen molar-refractivity contribution >= 4 is 0 Å². The Labute approximate surface area is 128 Å². The predicted octanol–water partition coefficient (Wildman–Crippen LogP) is 3.44. The second-order valence-corrected chi connectivity index (χ2v) is 6.55. The van der Waals surface area contributed by atoms with E-state index >= 15 is 0 Å². The number of aliphatic hydroxyl groups is 2. The van der Waals surface area contributed by atoms with Crippen LogP contribution in [0.3, 0.4) is 0 Å². The van der Waals surface area contributed by atoms with Crippen LogP contribution in [0.15, 0.2) is 18.2 Å². The van der Waals surface area contributed by atoms with Crippen molar-refractivity contribution in [1.82, 2.24) is 0 Å². The van der Waals surface area contributed by atoms with Gasteiger partial charge >= 0.3 is 0 Å². The van der Waals surface area contributed by atoms with Gasteiger partial charge < -0.3 is 14.9 Å². The zero-order chi connectivity index (χ0) is 15.5. The summed E-state index contributed by atoms with van der Waals surface area (Å²) in [6.45, 7) is 4.08. The first-order valence-corrected chi connectivity index (χ1v) is 7.96. The first-order valence-electron chi connectivity index (χ1n) is 7.96. The molecule has 3 unspecified atom stereocenters. The maximum absolute atomic E-state index is 10.8. The Kier molecular flexibility index (Phi) is 5.42. The Morgan fingerprint density at radius 1 is 1.24 bits per heavy atom. The van der Waals surface area contributed by atoms with E-state index in [1.807, 2.05) is 26.0 Å². The van der Waals surface area contributed by atoms with E-state index in [-0.39, 0.29) is 6.10 Å². The number of rotatable bonds is 5. The Bertz CT molecular complexity index is 451. The number of methoxy groups -OCH3 is 1. The topological polar surface area (TPSA) is 49.7 Å². The highest BCUT2D eigenvalue weighted by Gasteiger charge is 2.39. The van der Waals surface area contributed by atoms with E-state index in [0.29, 0.717) is 12.8 Å². The smallest absolute Gasteiger partial charge is 0.0909 e. The normalized spacial score (nSPS) is 27.6. The summed E-state index contributed by atoms with van der Waals surface area (Å²) < 4.78 is 5.45. The lowest BCUT2D eigenvalue weighted by Gasteiger charge is -2.39. The van der Waals surface area contributed by atoms with Gasteiger partial charge in [0.2, 0.25) is 0 Å². The van der Waals surface area contributed by atoms with Crippen molar-refractivity contribution in [3.63, 3.8) is 0 Å². The molecule has 3 heteroatoms. The minimum absolute atomic E-state index is 0.0994. The van der Waals surface area contributed by atoms with Crippen LogP contribution in [0.25, 0.3) is 0 Å². The standard InChI is InChI=1S/C18H28O3/c1-13-10-14(2)12-15(11-13)16(19)7-9-18(20)8-5-4-6-17(18)21-3/h10-12,16-17,19-20H,4-9H2,1-3H3. The van der Waals surface area contributed by atoms with Gasteiger partial charge in [0.25, 0.3) is 0 Å². The first kappa shape index (κ1) is 16.5. The van der Waals surface area contributed by atoms with Gasteiger partial charge in [0.15, 0.2) is 0 Å². The summed E-state index contributed by atoms with van der Waals surface area (Å²) in [4.78, 5) is 0. The maximum atomic E-state index is 10.8. The Morgan fingerprint density at radius 3 is 2.52 bits per heavy atom. The summed E-state index contributed by atoms with van der Waals surface area (Å²) in [5, 5.41) is 21.2. The molecule has 21 heavy (non-hydrogen) atoms. The Morgan fingerprint density at radius 2 is 1.90 bits per heavy atom. The van der Waals surface area contributed by atoms with Gasteiger partial charge in [0.1, 0.15) is 0 Å². The van der Waals surface area contributed by atoms with Crippen LogP contribution in [0.2, 0.25) is 0 Å². The van der Waals surface area contributed by atoms with Crippen LogP contribution in [0.1, 0.15) is 61.3 Å². The van der Waals surface area contributed by atoms with Crippen LogP contribution in [-0.4, -0.2) is 29.0 Å². The van der Waals surface area contributed by atoms with E-state index in [4.69, 9.17) is 4.74 Å². The third kappa shape index (κ3) is 4.06. The van der Waals surface area contributed by atoms with Crippen LogP contribution in [-0.2, 0) is 4.74 Å². The molecule has 0 heterocycles. The van der Waals surface area contributed by atoms with Crippen molar-refractivity contribution < 1.29 is 14.9 Å². The molecule has 0 amide bonds. The maximum Gasteiger partial charge on any atom is 0.0909 e. The molecule has 1 aliphatic carbocycles. The Balaban J connectivity index is 2.00. The van der Waals surface area contributed by atoms with Crippen LogP contribution in [0.4, 0.5) is 0 Å². The molecule has 3 nitrogen and oxygen atoms in total. The first-order chi connectivity index (χ1) is 9.94. The summed E-state index contributed by atoms with van der Waals surface area (Å²) in [5.41, 5.74) is 2.48. The molecule has 0 bridgehead atoms. The molecule has 1 fully saturated rings. The van der Waals surface area contributed by atoms with Crippen LogP contribution >= 0.6 is 0 Å². The summed E-state index contributed by atoms with van der Waals surface area (Å²) in [6.07, 6.45) is 4.36. The highest BCUT2D eigenvalue weighted by molar-refractivity contribution is 5.29. The molecule has 3 atom stereocenters. The van der Waals surface area contributed by atoms with Gasteiger partial charge in [-0.1, -0.05) is 42.2 Å². The lowest BCUT2D eigenvalue weighted by molar-refractivity contribution is -0.125. The molecule has 1 aromatic rings. The van der Waals surface area contributed by atoms with Gasteiger partial charge in [0, 0.05) is 7.11 Å². The second kappa shape index (κ2) is 6.91. The number of hydrogen-bond donors (Lipinski definition) is 2. The van der Waals surface area contributed by atoms with Crippen molar-refractivity contribution in [2.24, 2.45) is 0 Å². The summed E-state index contributed by atoms with van der Waals surface area (Å²) in [6, 6.07) is 6.15. The fourth-order valence-electron chi connectivity index (χ4n) is 3.57. The molecule has 2 N–H and O–H groups in total. The molecule has 1 aromatic carbocycles. The molecule has 0 radical (unpaired) electrons. The van der Waals surface area contributed by atoms with Crippen molar-refractivity contribution in [3.05, 3.63) is 34.9 Å². The molecule has 0 aliphatic heterocycles. The fourth-order valence-corrected chi connectivity index (χ4v) is 3.57. The van der Waals surface area contributed by atoms with Crippen LogP contribution < -0.4 is 0 Å². The average Bonchev–Trinajstić information content (AvgIpc) is 2.44. The van der Waals surface area contributed by atoms with Crippen molar-refractivity contribution in [2.45, 2.75) is 70.2 Å². The highest BCUT2D eigenvalue weighted by atomic mass is 16.5. The monoisotopic (exact) mass is 292 g/mol. The molecular formula is C18H28O3. The molecule has 2 rings (SSSR count). The summed E-state index contributed by atoms with van der Waals surface area (Å²) >= 11 is 0. The zero-order valence-electron chi connectivity index (χ0n) is 13.4. The summed E-state index contributed by atoms with van der Waals surface area (Å²) in [7, 11) is 1.67. The van der Waals surface area contributed by atoms with Crippen LogP contribution in [0.5, 0.6) is 0 Å². The molecule has 1 aliphatic rings. The molecule has 0 spiro atoms. The van der Waals surface area contributed by atoms with E-state index < -0.39 is 11.7 Å². The lowest BCUT2D eigenvalue weighted by atomic mass is 9.78. The predicted molar refractivity (Wildman–Crippen MR) is 84.3 cm³/mol. The van der Waals surface area contributed by atoms with E-state index in [1.54, 1.807) is 7.11 Å². The molecule has 118 valence electrons. The average molecular weight is 292 g/mol. The molecule has 0 saturated heterocycles. The largest absolute Gasteiger partial charge is 0.388 e. The third-order valence-electron chi connectivity index (χ3n) is 4.69. The van der Waals surface area contributed by atoms with E-state index in [9.17, 15) is 10.2 Å². The van der Waals surface area contributed by atoms with Gasteiger partial charge in [-0.15, -0.1) is 0 Å². The molecular weight excluding hydrogens is 264 g/mol. The van der Waals surface area contributed by atoms with Gasteiger partial charge in [-0.25, -0.2) is 0 Å². The number of ether oxygens (including phenoxy) is 1. The Hall–Kier alpha value is -0.900. The SMILES string of the molecule is COC1CCCCC1(O)CCC(O)c1cc(C)cc(C)c1. The minimum Gasteiger partial charge on any atom is -0.388 e. The quantitative estimate of drug-likeness (QED) is 0.874. The highest BCUT2D eigenvalue weighted by Crippen LogP contribution is 2.36. The van der Waals surface area contributed by atoms with Gasteiger partial charge in [-0.3, -0.25) is 0 Å². The van der Waals surface area contributed by atoms with E-state index in [0.717, 1.165) is 42.4 Å². The van der Waals surface area contributed by atoms with E-state index in [1.165, 1.54) is 0 Å². The number of hydrogen-bond acceptors (Lipinski definition) is 3. The number of aryl methyl sites for hydroxylation is 2. The number of benzene rings is 1. The van der Waals surface area contributed by atoms with Crippen LogP contribution in [0, 0.1) is 13.8 Å².